The van der Waals surface area contributed by atoms with E-state index in [2.05, 4.69) is 27.3 Å². The van der Waals surface area contributed by atoms with Crippen LogP contribution in [0.15, 0.2) is 10.5 Å². The van der Waals surface area contributed by atoms with Crippen LogP contribution in [0.2, 0.25) is 4.34 Å². The molecule has 20 heavy (non-hydrogen) atoms. The summed E-state index contributed by atoms with van der Waals surface area (Å²) >= 11 is 11.0. The zero-order valence-corrected chi connectivity index (χ0v) is 14.5. The Kier molecular flexibility index (Phi) is 6.29. The standard InChI is InChI=1S/C13H18BrClN2O2S/c1-19-8-12(18)17-4-2-9(3-5-17)16-7-10-6-11(14)13(15)20-10/h6,9,16H,2-5,7-8H2,1H3. The molecule has 0 aromatic carbocycles. The molecule has 1 aromatic heterocycles. The van der Waals surface area contributed by atoms with E-state index in [9.17, 15) is 4.79 Å². The molecule has 0 saturated carbocycles. The molecule has 1 N–H and O–H groups in total. The highest BCUT2D eigenvalue weighted by Gasteiger charge is 2.22. The van der Waals surface area contributed by atoms with Crippen molar-refractivity contribution in [2.45, 2.75) is 25.4 Å². The molecule has 2 rings (SSSR count). The van der Waals surface area contributed by atoms with Gasteiger partial charge in [-0.1, -0.05) is 11.6 Å². The lowest BCUT2D eigenvalue weighted by Gasteiger charge is -2.32. The lowest BCUT2D eigenvalue weighted by Crippen LogP contribution is -2.45. The Morgan fingerprint density at radius 2 is 2.30 bits per heavy atom. The van der Waals surface area contributed by atoms with Gasteiger partial charge in [-0.15, -0.1) is 11.3 Å². The van der Waals surface area contributed by atoms with E-state index in [1.807, 2.05) is 4.90 Å². The number of hydrogen-bond donors (Lipinski definition) is 1. The van der Waals surface area contributed by atoms with E-state index >= 15 is 0 Å². The summed E-state index contributed by atoms with van der Waals surface area (Å²) in [7, 11) is 1.55. The first kappa shape index (κ1) is 16.2. The van der Waals surface area contributed by atoms with Crippen LogP contribution in [0, 0.1) is 0 Å². The molecule has 0 aliphatic carbocycles. The number of ether oxygens (including phenoxy) is 1. The van der Waals surface area contributed by atoms with Gasteiger partial charge in [0.15, 0.2) is 0 Å². The van der Waals surface area contributed by atoms with Crippen LogP contribution in [0.1, 0.15) is 17.7 Å². The number of rotatable bonds is 5. The third kappa shape index (κ3) is 4.43. The zero-order valence-electron chi connectivity index (χ0n) is 11.3. The van der Waals surface area contributed by atoms with Crippen LogP contribution in [0.3, 0.4) is 0 Å². The second-order valence-electron chi connectivity index (χ2n) is 4.80. The Morgan fingerprint density at radius 3 is 2.85 bits per heavy atom. The first-order chi connectivity index (χ1) is 9.60. The molecule has 4 nitrogen and oxygen atoms in total. The van der Waals surface area contributed by atoms with Crippen LogP contribution < -0.4 is 5.32 Å². The average Bonchev–Trinajstić information content (AvgIpc) is 2.76. The first-order valence-corrected chi connectivity index (χ1v) is 8.52. The van der Waals surface area contributed by atoms with Crippen molar-refractivity contribution in [3.05, 3.63) is 19.8 Å². The minimum Gasteiger partial charge on any atom is -0.375 e. The average molecular weight is 382 g/mol. The van der Waals surface area contributed by atoms with E-state index in [0.29, 0.717) is 6.04 Å². The summed E-state index contributed by atoms with van der Waals surface area (Å²) in [6.07, 6.45) is 1.96. The van der Waals surface area contributed by atoms with Crippen LogP contribution >= 0.6 is 38.9 Å². The number of carbonyl (C=O) groups is 1. The van der Waals surface area contributed by atoms with Gasteiger partial charge in [-0.05, 0) is 34.8 Å². The number of amides is 1. The Bertz CT molecular complexity index is 442. The molecular weight excluding hydrogens is 364 g/mol. The van der Waals surface area contributed by atoms with E-state index in [-0.39, 0.29) is 12.5 Å². The Hall–Kier alpha value is -0.140. The van der Waals surface area contributed by atoms with Crippen molar-refractivity contribution in [1.82, 2.24) is 10.2 Å². The largest absolute Gasteiger partial charge is 0.375 e. The van der Waals surface area contributed by atoms with Gasteiger partial charge in [-0.25, -0.2) is 0 Å². The van der Waals surface area contributed by atoms with Gasteiger partial charge in [0.05, 0.1) is 0 Å². The fourth-order valence-corrected chi connectivity index (χ4v) is 4.01. The van der Waals surface area contributed by atoms with Crippen LogP contribution in [-0.4, -0.2) is 43.7 Å². The monoisotopic (exact) mass is 380 g/mol. The molecular formula is C13H18BrClN2O2S. The smallest absolute Gasteiger partial charge is 0.248 e. The second kappa shape index (κ2) is 7.75. The molecule has 1 fully saturated rings. The number of nitrogens with zero attached hydrogens (tertiary/aromatic N) is 1. The molecule has 2 heterocycles. The number of halogens is 2. The van der Waals surface area contributed by atoms with Crippen molar-refractivity contribution in [3.63, 3.8) is 0 Å². The topological polar surface area (TPSA) is 41.6 Å². The molecule has 1 aliphatic heterocycles. The minimum atomic E-state index is 0.0833. The number of piperidine rings is 1. The third-order valence-electron chi connectivity index (χ3n) is 3.38. The molecule has 0 atom stereocenters. The van der Waals surface area contributed by atoms with Gasteiger partial charge in [0.1, 0.15) is 10.9 Å². The summed E-state index contributed by atoms with van der Waals surface area (Å²) in [6.45, 7) is 2.61. The van der Waals surface area contributed by atoms with Crippen LogP contribution in [0.4, 0.5) is 0 Å². The maximum atomic E-state index is 11.7. The van der Waals surface area contributed by atoms with Gasteiger partial charge in [0, 0.05) is 42.1 Å². The molecule has 0 spiro atoms. The van der Waals surface area contributed by atoms with E-state index in [1.54, 1.807) is 18.4 Å². The van der Waals surface area contributed by atoms with Crippen molar-refractivity contribution in [3.8, 4) is 0 Å². The number of likely N-dealkylation sites (tertiary alicyclic amines) is 1. The molecule has 0 radical (unpaired) electrons. The third-order valence-corrected chi connectivity index (χ3v) is 5.85. The van der Waals surface area contributed by atoms with Crippen LogP contribution in [-0.2, 0) is 16.1 Å². The Balaban J connectivity index is 1.73. The number of hydrogen-bond acceptors (Lipinski definition) is 4. The highest BCUT2D eigenvalue weighted by atomic mass is 79.9. The highest BCUT2D eigenvalue weighted by molar-refractivity contribution is 9.10. The lowest BCUT2D eigenvalue weighted by molar-refractivity contribution is -0.136. The maximum absolute atomic E-state index is 11.7. The summed E-state index contributed by atoms with van der Waals surface area (Å²) < 4.78 is 6.63. The molecule has 1 amide bonds. The van der Waals surface area contributed by atoms with Crippen molar-refractivity contribution >= 4 is 44.8 Å². The van der Waals surface area contributed by atoms with Gasteiger partial charge in [-0.2, -0.15) is 0 Å². The first-order valence-electron chi connectivity index (χ1n) is 6.54. The van der Waals surface area contributed by atoms with Crippen LogP contribution in [0.5, 0.6) is 0 Å². The Morgan fingerprint density at radius 1 is 1.60 bits per heavy atom. The van der Waals surface area contributed by atoms with E-state index < -0.39 is 0 Å². The van der Waals surface area contributed by atoms with Crippen LogP contribution in [0.25, 0.3) is 0 Å². The fraction of sp³-hybridized carbons (Fsp3) is 0.615. The molecule has 0 bridgehead atoms. The SMILES string of the molecule is COCC(=O)N1CCC(NCc2cc(Br)c(Cl)s2)CC1. The Labute approximate surface area is 136 Å². The summed E-state index contributed by atoms with van der Waals surface area (Å²) in [4.78, 5) is 14.8. The van der Waals surface area contributed by atoms with Crippen molar-refractivity contribution in [2.24, 2.45) is 0 Å². The number of nitrogens with one attached hydrogen (secondary N) is 1. The van der Waals surface area contributed by atoms with Gasteiger partial charge in [-0.3, -0.25) is 4.79 Å². The van der Waals surface area contributed by atoms with Crippen molar-refractivity contribution in [2.75, 3.05) is 26.8 Å². The highest BCUT2D eigenvalue weighted by Crippen LogP contribution is 2.31. The van der Waals surface area contributed by atoms with Crippen molar-refractivity contribution < 1.29 is 9.53 Å². The molecule has 7 heteroatoms. The summed E-state index contributed by atoms with van der Waals surface area (Å²) in [5.74, 6) is 0.0833. The van der Waals surface area contributed by atoms with E-state index in [0.717, 1.165) is 41.3 Å². The molecule has 1 aliphatic rings. The molecule has 1 aromatic rings. The molecule has 112 valence electrons. The quantitative estimate of drug-likeness (QED) is 0.852. The minimum absolute atomic E-state index is 0.0833. The molecule has 0 unspecified atom stereocenters. The summed E-state index contributed by atoms with van der Waals surface area (Å²) in [5, 5.41) is 3.53. The number of methoxy groups -OCH3 is 1. The van der Waals surface area contributed by atoms with Gasteiger partial charge in [0.25, 0.3) is 0 Å². The predicted octanol–water partition coefficient (Wildman–Crippen LogP) is 2.89. The predicted molar refractivity (Wildman–Crippen MR) is 85.3 cm³/mol. The normalized spacial score (nSPS) is 16.6. The zero-order chi connectivity index (χ0) is 14.5. The lowest BCUT2D eigenvalue weighted by atomic mass is 10.1. The molecule has 1 saturated heterocycles. The van der Waals surface area contributed by atoms with Gasteiger partial charge >= 0.3 is 0 Å². The second-order valence-corrected chi connectivity index (χ2v) is 7.40. The van der Waals surface area contributed by atoms with Gasteiger partial charge < -0.3 is 15.0 Å². The summed E-state index contributed by atoms with van der Waals surface area (Å²) in [6, 6.07) is 2.51. The fourth-order valence-electron chi connectivity index (χ4n) is 2.27. The van der Waals surface area contributed by atoms with Crippen molar-refractivity contribution in [1.29, 1.82) is 0 Å². The van der Waals surface area contributed by atoms with Gasteiger partial charge in [0.2, 0.25) is 5.91 Å². The van der Waals surface area contributed by atoms with E-state index in [4.69, 9.17) is 16.3 Å². The van der Waals surface area contributed by atoms with E-state index in [1.165, 1.54) is 4.88 Å². The maximum Gasteiger partial charge on any atom is 0.248 e. The summed E-state index contributed by atoms with van der Waals surface area (Å²) in [5.41, 5.74) is 0. The number of thiophene rings is 1. The number of carbonyl (C=O) groups excluding carboxylic acids is 1.